The van der Waals surface area contributed by atoms with Gasteiger partial charge in [0.1, 0.15) is 0 Å². The third kappa shape index (κ3) is 1.73. The van der Waals surface area contributed by atoms with Gasteiger partial charge in [-0.15, -0.1) is 0 Å². The second kappa shape index (κ2) is 4.22. The molecule has 0 amide bonds. The SMILES string of the molecule is CC.Cc1cc2ncc3c(n2n1)C(C)(C1CC1)CN3. The van der Waals surface area contributed by atoms with Crippen LogP contribution in [0, 0.1) is 12.8 Å². The summed E-state index contributed by atoms with van der Waals surface area (Å²) in [7, 11) is 0. The van der Waals surface area contributed by atoms with Crippen molar-refractivity contribution < 1.29 is 0 Å². The smallest absolute Gasteiger partial charge is 0.155 e. The van der Waals surface area contributed by atoms with Gasteiger partial charge in [-0.25, -0.2) is 9.50 Å². The van der Waals surface area contributed by atoms with E-state index >= 15 is 0 Å². The van der Waals surface area contributed by atoms with E-state index < -0.39 is 0 Å². The first-order valence-electron chi connectivity index (χ1n) is 7.28. The molecule has 1 atom stereocenters. The van der Waals surface area contributed by atoms with Crippen LogP contribution in [-0.4, -0.2) is 21.1 Å². The molecule has 4 nitrogen and oxygen atoms in total. The van der Waals surface area contributed by atoms with Gasteiger partial charge in [0, 0.05) is 18.0 Å². The van der Waals surface area contributed by atoms with E-state index in [9.17, 15) is 0 Å². The van der Waals surface area contributed by atoms with Gasteiger partial charge in [-0.2, -0.15) is 5.10 Å². The lowest BCUT2D eigenvalue weighted by Gasteiger charge is -2.23. The van der Waals surface area contributed by atoms with Crippen LogP contribution in [0.3, 0.4) is 0 Å². The molecule has 3 heterocycles. The summed E-state index contributed by atoms with van der Waals surface area (Å²) >= 11 is 0. The monoisotopic (exact) mass is 258 g/mol. The van der Waals surface area contributed by atoms with Gasteiger partial charge in [0.15, 0.2) is 5.65 Å². The molecule has 1 fully saturated rings. The number of aryl methyl sites for hydroxylation is 1. The molecule has 19 heavy (non-hydrogen) atoms. The fraction of sp³-hybridized carbons (Fsp3) is 0.600. The summed E-state index contributed by atoms with van der Waals surface area (Å²) in [6.45, 7) is 9.41. The first kappa shape index (κ1) is 12.5. The minimum Gasteiger partial charge on any atom is -0.381 e. The van der Waals surface area contributed by atoms with Crippen LogP contribution in [0.1, 0.15) is 45.0 Å². The van der Waals surface area contributed by atoms with Crippen molar-refractivity contribution in [3.8, 4) is 0 Å². The Hall–Kier alpha value is -1.58. The van der Waals surface area contributed by atoms with E-state index in [1.807, 2.05) is 37.5 Å². The average molecular weight is 258 g/mol. The predicted octanol–water partition coefficient (Wildman–Crippen LogP) is 3.16. The molecule has 1 aliphatic carbocycles. The average Bonchev–Trinajstić information content (AvgIpc) is 3.13. The fourth-order valence-corrected chi connectivity index (χ4v) is 3.15. The Morgan fingerprint density at radius 2 is 2.11 bits per heavy atom. The van der Waals surface area contributed by atoms with E-state index in [2.05, 4.69) is 22.3 Å². The van der Waals surface area contributed by atoms with Gasteiger partial charge in [-0.1, -0.05) is 20.8 Å². The van der Waals surface area contributed by atoms with Crippen LogP contribution in [0.2, 0.25) is 0 Å². The second-order valence-electron chi connectivity index (χ2n) is 5.62. The molecule has 1 aliphatic heterocycles. The van der Waals surface area contributed by atoms with Crippen molar-refractivity contribution in [2.24, 2.45) is 5.92 Å². The zero-order valence-corrected chi connectivity index (χ0v) is 12.2. The first-order valence-corrected chi connectivity index (χ1v) is 7.28. The Bertz CT molecular complexity index is 612. The van der Waals surface area contributed by atoms with Crippen LogP contribution < -0.4 is 5.32 Å². The summed E-state index contributed by atoms with van der Waals surface area (Å²) in [5, 5.41) is 8.09. The molecule has 0 radical (unpaired) electrons. The van der Waals surface area contributed by atoms with Gasteiger partial charge in [-0.3, -0.25) is 0 Å². The van der Waals surface area contributed by atoms with E-state index in [-0.39, 0.29) is 5.41 Å². The standard InChI is InChI=1S/C13H16N4.C2H6/c1-8-5-11-14-6-10-12(17(11)16-8)13(2,7-15-10)9-3-4-9;1-2/h5-6,9,15H,3-4,7H2,1-2H3;1-2H3. The summed E-state index contributed by atoms with van der Waals surface area (Å²) in [6.07, 6.45) is 4.66. The van der Waals surface area contributed by atoms with Crippen LogP contribution in [0.5, 0.6) is 0 Å². The number of fused-ring (bicyclic) bond motifs is 3. The van der Waals surface area contributed by atoms with Crippen LogP contribution in [0.4, 0.5) is 5.69 Å². The van der Waals surface area contributed by atoms with E-state index in [4.69, 9.17) is 0 Å². The van der Waals surface area contributed by atoms with Crippen molar-refractivity contribution in [2.45, 2.75) is 46.0 Å². The Kier molecular flexibility index (Phi) is 2.77. The van der Waals surface area contributed by atoms with Gasteiger partial charge in [0.05, 0.1) is 23.3 Å². The fourth-order valence-electron chi connectivity index (χ4n) is 3.15. The number of hydrogen-bond donors (Lipinski definition) is 1. The molecule has 2 aliphatic rings. The normalized spacial score (nSPS) is 24.6. The molecular weight excluding hydrogens is 236 g/mol. The third-order valence-electron chi connectivity index (χ3n) is 4.27. The molecule has 1 saturated carbocycles. The van der Waals surface area contributed by atoms with E-state index in [1.165, 1.54) is 18.5 Å². The molecule has 0 bridgehead atoms. The van der Waals surface area contributed by atoms with Crippen LogP contribution in [0.25, 0.3) is 5.65 Å². The Morgan fingerprint density at radius 3 is 2.79 bits per heavy atom. The van der Waals surface area contributed by atoms with E-state index in [0.29, 0.717) is 0 Å². The van der Waals surface area contributed by atoms with Crippen LogP contribution in [-0.2, 0) is 5.41 Å². The van der Waals surface area contributed by atoms with Crippen molar-refractivity contribution >= 4 is 11.3 Å². The Balaban J connectivity index is 0.000000528. The zero-order chi connectivity index (χ0) is 13.6. The van der Waals surface area contributed by atoms with Crippen molar-refractivity contribution in [2.75, 3.05) is 11.9 Å². The number of nitrogens with one attached hydrogen (secondary N) is 1. The predicted molar refractivity (Wildman–Crippen MR) is 77.6 cm³/mol. The van der Waals surface area contributed by atoms with Gasteiger partial charge in [-0.05, 0) is 25.7 Å². The molecule has 2 aromatic heterocycles. The quantitative estimate of drug-likeness (QED) is 0.854. The maximum Gasteiger partial charge on any atom is 0.155 e. The lowest BCUT2D eigenvalue weighted by molar-refractivity contribution is 0.431. The van der Waals surface area contributed by atoms with Crippen molar-refractivity contribution in [3.63, 3.8) is 0 Å². The molecule has 0 saturated heterocycles. The lowest BCUT2D eigenvalue weighted by atomic mass is 9.83. The molecular formula is C15H22N4. The molecule has 0 aromatic carbocycles. The summed E-state index contributed by atoms with van der Waals surface area (Å²) in [5.41, 5.74) is 4.73. The number of anilines is 1. The number of hydrogen-bond acceptors (Lipinski definition) is 3. The third-order valence-corrected chi connectivity index (χ3v) is 4.27. The minimum atomic E-state index is 0.231. The topological polar surface area (TPSA) is 42.2 Å². The summed E-state index contributed by atoms with van der Waals surface area (Å²) < 4.78 is 2.04. The minimum absolute atomic E-state index is 0.231. The largest absolute Gasteiger partial charge is 0.381 e. The highest BCUT2D eigenvalue weighted by Crippen LogP contribution is 2.51. The van der Waals surface area contributed by atoms with E-state index in [0.717, 1.165) is 29.5 Å². The first-order chi connectivity index (χ1) is 9.18. The van der Waals surface area contributed by atoms with Gasteiger partial charge in [0.2, 0.25) is 0 Å². The zero-order valence-electron chi connectivity index (χ0n) is 12.2. The molecule has 1 N–H and O–H groups in total. The maximum absolute atomic E-state index is 4.60. The maximum atomic E-state index is 4.60. The number of rotatable bonds is 1. The molecule has 0 spiro atoms. The van der Waals surface area contributed by atoms with Gasteiger partial charge in [0.25, 0.3) is 0 Å². The number of aromatic nitrogens is 3. The summed E-state index contributed by atoms with van der Waals surface area (Å²) in [5.74, 6) is 0.811. The van der Waals surface area contributed by atoms with Crippen LogP contribution in [0.15, 0.2) is 12.3 Å². The highest BCUT2D eigenvalue weighted by molar-refractivity contribution is 5.60. The van der Waals surface area contributed by atoms with E-state index in [1.54, 1.807) is 0 Å². The van der Waals surface area contributed by atoms with Gasteiger partial charge < -0.3 is 5.32 Å². The molecule has 4 heteroatoms. The molecule has 1 unspecified atom stereocenters. The van der Waals surface area contributed by atoms with Crippen molar-refractivity contribution in [3.05, 3.63) is 23.7 Å². The number of nitrogens with zero attached hydrogens (tertiary/aromatic N) is 3. The molecule has 102 valence electrons. The van der Waals surface area contributed by atoms with Gasteiger partial charge >= 0.3 is 0 Å². The second-order valence-corrected chi connectivity index (χ2v) is 5.62. The molecule has 4 rings (SSSR count). The summed E-state index contributed by atoms with van der Waals surface area (Å²) in [6, 6.07) is 2.05. The van der Waals surface area contributed by atoms with Crippen LogP contribution >= 0.6 is 0 Å². The van der Waals surface area contributed by atoms with Crippen molar-refractivity contribution in [1.82, 2.24) is 14.6 Å². The van der Waals surface area contributed by atoms with Crippen molar-refractivity contribution in [1.29, 1.82) is 0 Å². The highest BCUT2D eigenvalue weighted by Gasteiger charge is 2.48. The summed E-state index contributed by atoms with van der Waals surface area (Å²) in [4.78, 5) is 4.46. The Morgan fingerprint density at radius 1 is 1.37 bits per heavy atom. The molecule has 2 aromatic rings. The highest BCUT2D eigenvalue weighted by atomic mass is 15.3. The Labute approximate surface area is 114 Å². The lowest BCUT2D eigenvalue weighted by Crippen LogP contribution is -2.29.